The van der Waals surface area contributed by atoms with Crippen LogP contribution in [0.5, 0.6) is 0 Å². The Kier molecular flexibility index (Phi) is 3.85. The lowest BCUT2D eigenvalue weighted by Crippen LogP contribution is -1.86. The molecule has 4 aromatic rings. The van der Waals surface area contributed by atoms with Crippen LogP contribution in [0.2, 0.25) is 10.0 Å². The third kappa shape index (κ3) is 3.00. The number of anilines is 1. The summed E-state index contributed by atoms with van der Waals surface area (Å²) < 4.78 is 3.35. The SMILES string of the molecule is Clc1cc(Cl)cc(SNc2ccc3[nH]c4ccccc4c3c2)c1. The summed E-state index contributed by atoms with van der Waals surface area (Å²) in [6.07, 6.45) is 0. The van der Waals surface area contributed by atoms with Gasteiger partial charge in [0.15, 0.2) is 0 Å². The number of para-hydroxylation sites is 1. The quantitative estimate of drug-likeness (QED) is 0.396. The van der Waals surface area contributed by atoms with Gasteiger partial charge in [-0.2, -0.15) is 0 Å². The van der Waals surface area contributed by atoms with Crippen LogP contribution in [-0.4, -0.2) is 4.98 Å². The molecule has 0 amide bonds. The molecule has 114 valence electrons. The minimum absolute atomic E-state index is 0.633. The lowest BCUT2D eigenvalue weighted by molar-refractivity contribution is 1.46. The fourth-order valence-corrected chi connectivity index (χ4v) is 4.01. The number of benzene rings is 3. The first-order valence-corrected chi connectivity index (χ1v) is 8.66. The lowest BCUT2D eigenvalue weighted by atomic mass is 10.1. The Bertz CT molecular complexity index is 990. The van der Waals surface area contributed by atoms with Gasteiger partial charge in [0.05, 0.1) is 0 Å². The van der Waals surface area contributed by atoms with Crippen LogP contribution < -0.4 is 4.72 Å². The molecule has 0 atom stereocenters. The molecule has 2 N–H and O–H groups in total. The zero-order valence-corrected chi connectivity index (χ0v) is 14.3. The Morgan fingerprint density at radius 3 is 2.35 bits per heavy atom. The molecule has 0 saturated heterocycles. The van der Waals surface area contributed by atoms with Gasteiger partial charge in [0.25, 0.3) is 0 Å². The summed E-state index contributed by atoms with van der Waals surface area (Å²) in [6, 6.07) is 20.1. The summed E-state index contributed by atoms with van der Waals surface area (Å²) in [5.74, 6) is 0. The van der Waals surface area contributed by atoms with E-state index in [4.69, 9.17) is 23.2 Å². The molecule has 3 aromatic carbocycles. The molecule has 0 aliphatic heterocycles. The minimum Gasteiger partial charge on any atom is -0.355 e. The van der Waals surface area contributed by atoms with Crippen LogP contribution in [0, 0.1) is 0 Å². The van der Waals surface area contributed by atoms with Crippen molar-refractivity contribution in [3.8, 4) is 0 Å². The zero-order valence-electron chi connectivity index (χ0n) is 11.9. The highest BCUT2D eigenvalue weighted by Gasteiger charge is 2.05. The van der Waals surface area contributed by atoms with Crippen LogP contribution in [0.25, 0.3) is 21.8 Å². The molecule has 1 heterocycles. The maximum absolute atomic E-state index is 6.03. The van der Waals surface area contributed by atoms with Crippen LogP contribution >= 0.6 is 35.1 Å². The van der Waals surface area contributed by atoms with E-state index in [-0.39, 0.29) is 0 Å². The largest absolute Gasteiger partial charge is 0.355 e. The molecule has 4 rings (SSSR count). The predicted molar refractivity (Wildman–Crippen MR) is 102 cm³/mol. The van der Waals surface area contributed by atoms with E-state index < -0.39 is 0 Å². The first-order valence-electron chi connectivity index (χ1n) is 7.08. The van der Waals surface area contributed by atoms with Crippen molar-refractivity contribution in [1.29, 1.82) is 0 Å². The number of nitrogens with one attached hydrogen (secondary N) is 2. The molecule has 23 heavy (non-hydrogen) atoms. The van der Waals surface area contributed by atoms with E-state index in [2.05, 4.69) is 46.1 Å². The van der Waals surface area contributed by atoms with Crippen molar-refractivity contribution in [1.82, 2.24) is 4.98 Å². The Morgan fingerprint density at radius 2 is 1.52 bits per heavy atom. The summed E-state index contributed by atoms with van der Waals surface area (Å²) in [6.45, 7) is 0. The van der Waals surface area contributed by atoms with Crippen molar-refractivity contribution in [2.75, 3.05) is 4.72 Å². The number of halogens is 2. The van der Waals surface area contributed by atoms with E-state index in [0.717, 1.165) is 21.6 Å². The van der Waals surface area contributed by atoms with Crippen molar-refractivity contribution >= 4 is 62.6 Å². The highest BCUT2D eigenvalue weighted by Crippen LogP contribution is 2.31. The number of hydrogen-bond acceptors (Lipinski definition) is 2. The van der Waals surface area contributed by atoms with Gasteiger partial charge in [-0.1, -0.05) is 41.4 Å². The molecular formula is C18H12Cl2N2S. The standard InChI is InChI=1S/C18H12Cl2N2S/c19-11-7-12(20)9-14(8-11)23-22-13-5-6-18-16(10-13)15-3-1-2-4-17(15)21-18/h1-10,21-22H. The number of hydrogen-bond donors (Lipinski definition) is 2. The second-order valence-electron chi connectivity index (χ2n) is 5.24. The van der Waals surface area contributed by atoms with Gasteiger partial charge >= 0.3 is 0 Å². The van der Waals surface area contributed by atoms with Gasteiger partial charge in [0.1, 0.15) is 0 Å². The van der Waals surface area contributed by atoms with E-state index in [9.17, 15) is 0 Å². The molecule has 5 heteroatoms. The number of fused-ring (bicyclic) bond motifs is 3. The third-order valence-electron chi connectivity index (χ3n) is 3.63. The molecule has 1 aromatic heterocycles. The average Bonchev–Trinajstić information content (AvgIpc) is 2.90. The minimum atomic E-state index is 0.633. The lowest BCUT2D eigenvalue weighted by Gasteiger charge is -2.06. The van der Waals surface area contributed by atoms with E-state index in [1.165, 1.54) is 22.7 Å². The van der Waals surface area contributed by atoms with Gasteiger partial charge in [0.2, 0.25) is 0 Å². The fraction of sp³-hybridized carbons (Fsp3) is 0. The molecule has 0 saturated carbocycles. The highest BCUT2D eigenvalue weighted by atomic mass is 35.5. The molecule has 0 unspecified atom stereocenters. The fourth-order valence-electron chi connectivity index (χ4n) is 2.62. The Morgan fingerprint density at radius 1 is 0.783 bits per heavy atom. The second kappa shape index (κ2) is 6.00. The molecule has 0 radical (unpaired) electrons. The van der Waals surface area contributed by atoms with Gasteiger partial charge in [-0.05, 0) is 54.4 Å². The van der Waals surface area contributed by atoms with E-state index in [1.807, 2.05) is 18.2 Å². The molecule has 0 bridgehead atoms. The van der Waals surface area contributed by atoms with Crippen LogP contribution in [0.4, 0.5) is 5.69 Å². The van der Waals surface area contributed by atoms with Crippen molar-refractivity contribution in [2.24, 2.45) is 0 Å². The molecular weight excluding hydrogens is 347 g/mol. The zero-order chi connectivity index (χ0) is 15.8. The first kappa shape index (κ1) is 14.8. The first-order chi connectivity index (χ1) is 11.2. The Labute approximate surface area is 147 Å². The summed E-state index contributed by atoms with van der Waals surface area (Å²) in [4.78, 5) is 4.40. The van der Waals surface area contributed by atoms with Crippen molar-refractivity contribution in [2.45, 2.75) is 4.90 Å². The van der Waals surface area contributed by atoms with Gasteiger partial charge in [-0.3, -0.25) is 0 Å². The van der Waals surface area contributed by atoms with Crippen LogP contribution in [0.3, 0.4) is 0 Å². The van der Waals surface area contributed by atoms with Gasteiger partial charge in [-0.15, -0.1) is 0 Å². The number of H-pyrrole nitrogens is 1. The summed E-state index contributed by atoms with van der Waals surface area (Å²) >= 11 is 13.6. The van der Waals surface area contributed by atoms with Gasteiger partial charge in [-0.25, -0.2) is 0 Å². The summed E-state index contributed by atoms with van der Waals surface area (Å²) in [7, 11) is 0. The van der Waals surface area contributed by atoms with Gasteiger partial charge in [0, 0.05) is 42.4 Å². The molecule has 0 aliphatic rings. The van der Waals surface area contributed by atoms with Crippen molar-refractivity contribution < 1.29 is 0 Å². The monoisotopic (exact) mass is 358 g/mol. The molecule has 0 fully saturated rings. The number of aromatic nitrogens is 1. The van der Waals surface area contributed by atoms with Gasteiger partial charge < -0.3 is 9.71 Å². The Hall–Kier alpha value is -1.81. The van der Waals surface area contributed by atoms with Crippen molar-refractivity contribution in [3.05, 3.63) is 70.7 Å². The maximum atomic E-state index is 6.03. The van der Waals surface area contributed by atoms with E-state index in [0.29, 0.717) is 10.0 Å². The predicted octanol–water partition coefficient (Wildman–Crippen LogP) is 6.75. The Balaban J connectivity index is 1.65. The molecule has 2 nitrogen and oxygen atoms in total. The molecule has 0 aliphatic carbocycles. The normalized spacial score (nSPS) is 11.2. The second-order valence-corrected chi connectivity index (χ2v) is 6.99. The smallest absolute Gasteiger partial charge is 0.0466 e. The number of rotatable bonds is 3. The third-order valence-corrected chi connectivity index (χ3v) is 4.87. The van der Waals surface area contributed by atoms with Crippen LogP contribution in [-0.2, 0) is 0 Å². The highest BCUT2D eigenvalue weighted by molar-refractivity contribution is 8.00. The molecule has 0 spiro atoms. The average molecular weight is 359 g/mol. The van der Waals surface area contributed by atoms with Crippen LogP contribution in [0.15, 0.2) is 65.6 Å². The van der Waals surface area contributed by atoms with E-state index in [1.54, 1.807) is 6.07 Å². The van der Waals surface area contributed by atoms with Crippen molar-refractivity contribution in [3.63, 3.8) is 0 Å². The van der Waals surface area contributed by atoms with E-state index >= 15 is 0 Å². The maximum Gasteiger partial charge on any atom is 0.0466 e. The topological polar surface area (TPSA) is 27.8 Å². The summed E-state index contributed by atoms with van der Waals surface area (Å²) in [5.41, 5.74) is 3.31. The number of aromatic amines is 1. The van der Waals surface area contributed by atoms with Crippen LogP contribution in [0.1, 0.15) is 0 Å². The summed E-state index contributed by atoms with van der Waals surface area (Å²) in [5, 5.41) is 3.69.